The van der Waals surface area contributed by atoms with E-state index in [4.69, 9.17) is 0 Å². The lowest BCUT2D eigenvalue weighted by atomic mass is 9.97. The lowest BCUT2D eigenvalue weighted by Crippen LogP contribution is -2.39. The first kappa shape index (κ1) is 16.9. The van der Waals surface area contributed by atoms with Crippen LogP contribution in [-0.4, -0.2) is 50.2 Å². The van der Waals surface area contributed by atoms with Crippen molar-refractivity contribution in [2.24, 2.45) is 5.92 Å². The molecule has 1 saturated heterocycles. The number of amides is 1. The van der Waals surface area contributed by atoms with Gasteiger partial charge >= 0.3 is 0 Å². The minimum atomic E-state index is 0.196. The number of hydrogen-bond donors (Lipinski definition) is 1. The van der Waals surface area contributed by atoms with Gasteiger partial charge in [0.15, 0.2) is 5.65 Å². The molecule has 0 radical (unpaired) electrons. The van der Waals surface area contributed by atoms with Crippen LogP contribution in [0.3, 0.4) is 0 Å². The second-order valence-corrected chi connectivity index (χ2v) is 6.82. The Bertz CT molecular complexity index is 745. The third-order valence-corrected chi connectivity index (χ3v) is 5.10. The molecule has 0 aliphatic carbocycles. The molecule has 0 unspecified atom stereocenters. The minimum absolute atomic E-state index is 0.196. The summed E-state index contributed by atoms with van der Waals surface area (Å²) in [5, 5.41) is 13.7. The zero-order chi connectivity index (χ0) is 17.3. The van der Waals surface area contributed by atoms with Crippen LogP contribution < -0.4 is 0 Å². The molecule has 1 aliphatic rings. The molecule has 6 nitrogen and oxygen atoms in total. The van der Waals surface area contributed by atoms with Gasteiger partial charge in [-0.1, -0.05) is 0 Å². The average molecular weight is 330 g/mol. The maximum Gasteiger partial charge on any atom is 0.222 e. The Morgan fingerprint density at radius 2 is 2.00 bits per heavy atom. The van der Waals surface area contributed by atoms with Crippen LogP contribution in [0.2, 0.25) is 0 Å². The number of hydrogen-bond acceptors (Lipinski definition) is 4. The number of rotatable bonds is 4. The first-order valence-corrected chi connectivity index (χ1v) is 8.70. The molecule has 0 saturated carbocycles. The summed E-state index contributed by atoms with van der Waals surface area (Å²) in [5.41, 5.74) is 4.97. The van der Waals surface area contributed by atoms with Crippen molar-refractivity contribution in [1.29, 1.82) is 0 Å². The van der Waals surface area contributed by atoms with Crippen LogP contribution in [0.15, 0.2) is 6.07 Å². The van der Waals surface area contributed by atoms with Gasteiger partial charge in [-0.25, -0.2) is 9.50 Å². The monoisotopic (exact) mass is 330 g/mol. The van der Waals surface area contributed by atoms with E-state index in [1.807, 2.05) is 36.3 Å². The maximum atomic E-state index is 12.5. The van der Waals surface area contributed by atoms with E-state index >= 15 is 0 Å². The fourth-order valence-corrected chi connectivity index (χ4v) is 3.56. The first-order valence-electron chi connectivity index (χ1n) is 8.70. The molecule has 0 atom stereocenters. The van der Waals surface area contributed by atoms with Crippen molar-refractivity contribution in [2.45, 2.75) is 46.5 Å². The fourth-order valence-electron chi connectivity index (χ4n) is 3.56. The van der Waals surface area contributed by atoms with E-state index in [9.17, 15) is 9.90 Å². The molecule has 24 heavy (non-hydrogen) atoms. The highest BCUT2D eigenvalue weighted by atomic mass is 16.3. The van der Waals surface area contributed by atoms with Crippen LogP contribution in [0.25, 0.3) is 5.65 Å². The number of aromatic nitrogens is 3. The molecule has 130 valence electrons. The SMILES string of the molecule is Cc1cc2nc(C)c(CCC(=O)N3CCC(CO)CC3)c(C)n2n1. The molecule has 1 fully saturated rings. The minimum Gasteiger partial charge on any atom is -0.396 e. The smallest absolute Gasteiger partial charge is 0.222 e. The third-order valence-electron chi connectivity index (χ3n) is 5.10. The number of carbonyl (C=O) groups excluding carboxylic acids is 1. The normalized spacial score (nSPS) is 16.1. The number of aryl methyl sites for hydroxylation is 3. The quantitative estimate of drug-likeness (QED) is 0.928. The van der Waals surface area contributed by atoms with Gasteiger partial charge in [0.25, 0.3) is 0 Å². The summed E-state index contributed by atoms with van der Waals surface area (Å²) in [7, 11) is 0. The van der Waals surface area contributed by atoms with Gasteiger partial charge in [-0.3, -0.25) is 4.79 Å². The molecule has 6 heteroatoms. The van der Waals surface area contributed by atoms with Crippen LogP contribution in [0.5, 0.6) is 0 Å². The van der Waals surface area contributed by atoms with Crippen LogP contribution in [0, 0.1) is 26.7 Å². The zero-order valence-electron chi connectivity index (χ0n) is 14.7. The Morgan fingerprint density at radius 1 is 1.29 bits per heavy atom. The van der Waals surface area contributed by atoms with Crippen molar-refractivity contribution in [1.82, 2.24) is 19.5 Å². The molecular formula is C18H26N4O2. The van der Waals surface area contributed by atoms with Crippen molar-refractivity contribution in [3.63, 3.8) is 0 Å². The van der Waals surface area contributed by atoms with Gasteiger partial charge in [0.2, 0.25) is 5.91 Å². The number of carbonyl (C=O) groups is 1. The van der Waals surface area contributed by atoms with Crippen molar-refractivity contribution < 1.29 is 9.90 Å². The van der Waals surface area contributed by atoms with Crippen molar-refractivity contribution in [3.05, 3.63) is 28.7 Å². The molecule has 0 spiro atoms. The van der Waals surface area contributed by atoms with Crippen LogP contribution in [0.1, 0.15) is 41.9 Å². The largest absolute Gasteiger partial charge is 0.396 e. The van der Waals surface area contributed by atoms with Gasteiger partial charge in [0.05, 0.1) is 5.69 Å². The molecule has 1 N–H and O–H groups in total. The van der Waals surface area contributed by atoms with Crippen molar-refractivity contribution in [2.75, 3.05) is 19.7 Å². The summed E-state index contributed by atoms with van der Waals surface area (Å²) in [4.78, 5) is 19.0. The van der Waals surface area contributed by atoms with E-state index in [1.54, 1.807) is 0 Å². The molecule has 1 aliphatic heterocycles. The Balaban J connectivity index is 1.68. The Kier molecular flexibility index (Phi) is 4.85. The number of likely N-dealkylation sites (tertiary alicyclic amines) is 1. The first-order chi connectivity index (χ1) is 11.5. The molecular weight excluding hydrogens is 304 g/mol. The third kappa shape index (κ3) is 3.29. The van der Waals surface area contributed by atoms with E-state index in [2.05, 4.69) is 10.1 Å². The summed E-state index contributed by atoms with van der Waals surface area (Å²) in [6.45, 7) is 7.76. The molecule has 3 heterocycles. The van der Waals surface area contributed by atoms with E-state index in [0.29, 0.717) is 18.8 Å². The molecule has 2 aromatic rings. The van der Waals surface area contributed by atoms with Gasteiger partial charge in [0.1, 0.15) is 0 Å². The van der Waals surface area contributed by atoms with Crippen LogP contribution >= 0.6 is 0 Å². The fraction of sp³-hybridized carbons (Fsp3) is 0.611. The number of aliphatic hydroxyl groups excluding tert-OH is 1. The topological polar surface area (TPSA) is 70.7 Å². The average Bonchev–Trinajstić information content (AvgIpc) is 2.95. The van der Waals surface area contributed by atoms with Gasteiger partial charge in [0, 0.05) is 43.6 Å². The molecule has 0 aromatic carbocycles. The summed E-state index contributed by atoms with van der Waals surface area (Å²) in [5.74, 6) is 0.551. The standard InChI is InChI=1S/C18H26N4O2/c1-12-10-17-19-13(2)16(14(3)22(17)20-12)4-5-18(24)21-8-6-15(11-23)7-9-21/h10,15,23H,4-9,11H2,1-3H3. The number of fused-ring (bicyclic) bond motifs is 1. The summed E-state index contributed by atoms with van der Waals surface area (Å²) >= 11 is 0. The van der Waals surface area contributed by atoms with Crippen LogP contribution in [-0.2, 0) is 11.2 Å². The summed E-state index contributed by atoms with van der Waals surface area (Å²) < 4.78 is 1.87. The molecule has 2 aromatic heterocycles. The van der Waals surface area contributed by atoms with E-state index in [1.165, 1.54) is 0 Å². The summed E-state index contributed by atoms with van der Waals surface area (Å²) in [6, 6.07) is 1.97. The second-order valence-electron chi connectivity index (χ2n) is 6.82. The molecule has 0 bridgehead atoms. The van der Waals surface area contributed by atoms with Crippen LogP contribution in [0.4, 0.5) is 0 Å². The van der Waals surface area contributed by atoms with Crippen molar-refractivity contribution >= 4 is 11.6 Å². The van der Waals surface area contributed by atoms with Gasteiger partial charge in [-0.15, -0.1) is 0 Å². The summed E-state index contributed by atoms with van der Waals surface area (Å²) in [6.07, 6.45) is 3.00. The molecule has 1 amide bonds. The van der Waals surface area contributed by atoms with E-state index < -0.39 is 0 Å². The highest BCUT2D eigenvalue weighted by Crippen LogP contribution is 2.20. The molecule has 3 rings (SSSR count). The number of piperidine rings is 1. The predicted octanol–water partition coefficient (Wildman–Crippen LogP) is 1.82. The van der Waals surface area contributed by atoms with Gasteiger partial charge < -0.3 is 10.0 Å². The second kappa shape index (κ2) is 6.89. The highest BCUT2D eigenvalue weighted by Gasteiger charge is 2.22. The Morgan fingerprint density at radius 3 is 2.67 bits per heavy atom. The van der Waals surface area contributed by atoms with Gasteiger partial charge in [-0.2, -0.15) is 5.10 Å². The number of nitrogens with zero attached hydrogens (tertiary/aromatic N) is 4. The maximum absolute atomic E-state index is 12.5. The van der Waals surface area contributed by atoms with E-state index in [0.717, 1.165) is 54.2 Å². The lowest BCUT2D eigenvalue weighted by Gasteiger charge is -2.31. The number of aliphatic hydroxyl groups is 1. The lowest BCUT2D eigenvalue weighted by molar-refractivity contribution is -0.132. The van der Waals surface area contributed by atoms with E-state index in [-0.39, 0.29) is 12.5 Å². The Hall–Kier alpha value is -1.95. The van der Waals surface area contributed by atoms with Gasteiger partial charge in [-0.05, 0) is 51.5 Å². The Labute approximate surface area is 142 Å². The highest BCUT2D eigenvalue weighted by molar-refractivity contribution is 5.76. The predicted molar refractivity (Wildman–Crippen MR) is 91.9 cm³/mol. The van der Waals surface area contributed by atoms with Crippen molar-refractivity contribution in [3.8, 4) is 0 Å². The zero-order valence-corrected chi connectivity index (χ0v) is 14.7.